The number of unbranched alkanes of at least 4 members (excludes halogenated alkanes) is 8. The first-order valence-corrected chi connectivity index (χ1v) is 7.79. The molecule has 0 aromatic heterocycles. The molecular formula is C16H36ClN. The Kier molecular flexibility index (Phi) is 14.0. The highest BCUT2D eigenvalue weighted by molar-refractivity contribution is 4.52. The number of nitrogens with zero attached hydrogens (tertiary/aromatic N) is 1. The van der Waals surface area contributed by atoms with Crippen molar-refractivity contribution in [2.75, 3.05) is 21.1 Å². The fourth-order valence-electron chi connectivity index (χ4n) is 2.14. The lowest BCUT2D eigenvalue weighted by molar-refractivity contribution is -0.894. The number of hydrogen-bond acceptors (Lipinski definition) is 0. The highest BCUT2D eigenvalue weighted by Gasteiger charge is 2.16. The largest absolute Gasteiger partial charge is 1.00 e. The van der Waals surface area contributed by atoms with Gasteiger partial charge >= 0.3 is 0 Å². The molecule has 18 heavy (non-hydrogen) atoms. The fourth-order valence-corrected chi connectivity index (χ4v) is 2.14. The predicted molar refractivity (Wildman–Crippen MR) is 79.3 cm³/mol. The lowest BCUT2D eigenvalue weighted by Gasteiger charge is -2.31. The van der Waals surface area contributed by atoms with Gasteiger partial charge in [0, 0.05) is 0 Å². The summed E-state index contributed by atoms with van der Waals surface area (Å²) in [4.78, 5) is 0. The highest BCUT2D eigenvalue weighted by atomic mass is 35.5. The first kappa shape index (κ1) is 20.6. The molecule has 0 amide bonds. The Balaban J connectivity index is 0. The van der Waals surface area contributed by atoms with E-state index >= 15 is 0 Å². The molecule has 1 unspecified atom stereocenters. The van der Waals surface area contributed by atoms with Gasteiger partial charge in [0.1, 0.15) is 0 Å². The Hall–Kier alpha value is 0.250. The third kappa shape index (κ3) is 12.7. The average molecular weight is 278 g/mol. The van der Waals surface area contributed by atoms with Crippen molar-refractivity contribution in [3.63, 3.8) is 0 Å². The second-order valence-corrected chi connectivity index (χ2v) is 6.58. The summed E-state index contributed by atoms with van der Waals surface area (Å²) in [6.45, 7) is 4.67. The van der Waals surface area contributed by atoms with Crippen molar-refractivity contribution in [3.05, 3.63) is 0 Å². The van der Waals surface area contributed by atoms with Crippen LogP contribution in [0.2, 0.25) is 0 Å². The van der Waals surface area contributed by atoms with E-state index in [1.165, 1.54) is 64.2 Å². The molecule has 0 N–H and O–H groups in total. The minimum atomic E-state index is 0. The van der Waals surface area contributed by atoms with E-state index in [1.54, 1.807) is 0 Å². The molecular weight excluding hydrogens is 242 g/mol. The van der Waals surface area contributed by atoms with Gasteiger partial charge in [0.25, 0.3) is 0 Å². The molecule has 0 spiro atoms. The maximum atomic E-state index is 2.38. The summed E-state index contributed by atoms with van der Waals surface area (Å²) in [5.41, 5.74) is 0. The zero-order chi connectivity index (χ0) is 13.1. The Morgan fingerprint density at radius 2 is 1.11 bits per heavy atom. The van der Waals surface area contributed by atoms with Crippen LogP contribution in [0.3, 0.4) is 0 Å². The molecule has 0 rings (SSSR count). The van der Waals surface area contributed by atoms with Gasteiger partial charge in [-0.2, -0.15) is 0 Å². The molecule has 0 fully saturated rings. The van der Waals surface area contributed by atoms with Gasteiger partial charge in [-0.05, 0) is 19.8 Å². The second kappa shape index (κ2) is 12.3. The third-order valence-corrected chi connectivity index (χ3v) is 4.05. The normalized spacial score (nSPS) is 13.2. The van der Waals surface area contributed by atoms with E-state index in [4.69, 9.17) is 0 Å². The van der Waals surface area contributed by atoms with E-state index in [1.807, 2.05) is 0 Å². The van der Waals surface area contributed by atoms with Gasteiger partial charge in [0.05, 0.1) is 27.2 Å². The van der Waals surface area contributed by atoms with Gasteiger partial charge < -0.3 is 16.9 Å². The average Bonchev–Trinajstić information content (AvgIpc) is 2.25. The van der Waals surface area contributed by atoms with Gasteiger partial charge in [-0.25, -0.2) is 0 Å². The van der Waals surface area contributed by atoms with Crippen LogP contribution in [0.15, 0.2) is 0 Å². The van der Waals surface area contributed by atoms with Crippen LogP contribution in [-0.4, -0.2) is 31.7 Å². The minimum Gasteiger partial charge on any atom is -1.00 e. The lowest BCUT2D eigenvalue weighted by atomic mass is 10.0. The Morgan fingerprint density at radius 3 is 1.50 bits per heavy atom. The number of halogens is 1. The van der Waals surface area contributed by atoms with Crippen molar-refractivity contribution in [1.82, 2.24) is 0 Å². The van der Waals surface area contributed by atoms with Crippen molar-refractivity contribution in [1.29, 1.82) is 0 Å². The van der Waals surface area contributed by atoms with Crippen molar-refractivity contribution in [3.8, 4) is 0 Å². The summed E-state index contributed by atoms with van der Waals surface area (Å²) >= 11 is 0. The number of hydrogen-bond donors (Lipinski definition) is 0. The zero-order valence-electron chi connectivity index (χ0n) is 13.5. The first-order chi connectivity index (χ1) is 7.98. The molecule has 0 heterocycles. The fraction of sp³-hybridized carbons (Fsp3) is 1.00. The molecule has 0 saturated heterocycles. The van der Waals surface area contributed by atoms with Crippen molar-refractivity contribution >= 4 is 0 Å². The molecule has 0 aliphatic carbocycles. The SMILES string of the molecule is CCCCCCCCCCCC(C)[N+](C)(C)C.[Cl-]. The van der Waals surface area contributed by atoms with Crippen LogP contribution in [0.4, 0.5) is 0 Å². The molecule has 0 aromatic rings. The van der Waals surface area contributed by atoms with Gasteiger partial charge in [-0.1, -0.05) is 58.3 Å². The predicted octanol–water partition coefficient (Wildman–Crippen LogP) is 2.01. The van der Waals surface area contributed by atoms with E-state index < -0.39 is 0 Å². The summed E-state index contributed by atoms with van der Waals surface area (Å²) in [7, 11) is 6.91. The summed E-state index contributed by atoms with van der Waals surface area (Å²) < 4.78 is 1.11. The van der Waals surface area contributed by atoms with Gasteiger partial charge in [0.2, 0.25) is 0 Å². The molecule has 0 radical (unpaired) electrons. The smallest absolute Gasteiger partial charge is 0.0855 e. The van der Waals surface area contributed by atoms with E-state index in [0.29, 0.717) is 0 Å². The van der Waals surface area contributed by atoms with Crippen molar-refractivity contribution < 1.29 is 16.9 Å². The number of rotatable bonds is 11. The van der Waals surface area contributed by atoms with E-state index in [0.717, 1.165) is 10.5 Å². The van der Waals surface area contributed by atoms with Gasteiger partial charge in [-0.3, -0.25) is 0 Å². The van der Waals surface area contributed by atoms with Crippen LogP contribution in [-0.2, 0) is 0 Å². The first-order valence-electron chi connectivity index (χ1n) is 7.79. The lowest BCUT2D eigenvalue weighted by Crippen LogP contribution is -3.00. The maximum absolute atomic E-state index is 2.38. The quantitative estimate of drug-likeness (QED) is 0.400. The van der Waals surface area contributed by atoms with E-state index in [9.17, 15) is 0 Å². The van der Waals surface area contributed by atoms with E-state index in [-0.39, 0.29) is 12.4 Å². The summed E-state index contributed by atoms with van der Waals surface area (Å²) in [5.74, 6) is 0. The van der Waals surface area contributed by atoms with Crippen LogP contribution in [0.5, 0.6) is 0 Å². The molecule has 0 bridgehead atoms. The molecule has 112 valence electrons. The molecule has 0 aromatic carbocycles. The zero-order valence-corrected chi connectivity index (χ0v) is 14.2. The molecule has 1 nitrogen and oxygen atoms in total. The van der Waals surface area contributed by atoms with Crippen LogP contribution in [0.25, 0.3) is 0 Å². The minimum absolute atomic E-state index is 0. The van der Waals surface area contributed by atoms with Crippen LogP contribution in [0.1, 0.15) is 78.1 Å². The van der Waals surface area contributed by atoms with Crippen LogP contribution in [0, 0.1) is 0 Å². The van der Waals surface area contributed by atoms with E-state index in [2.05, 4.69) is 35.0 Å². The molecule has 2 heteroatoms. The number of quaternary nitrogens is 1. The summed E-state index contributed by atoms with van der Waals surface area (Å²) in [6, 6.07) is 0.805. The van der Waals surface area contributed by atoms with Gasteiger partial charge in [0.15, 0.2) is 0 Å². The monoisotopic (exact) mass is 277 g/mol. The Labute approximate surface area is 122 Å². The molecule has 0 aliphatic rings. The standard InChI is InChI=1S/C16H36N.ClH/c1-6-7-8-9-10-11-12-13-14-15-16(2)17(3,4)5;/h16H,6-15H2,1-5H3;1H/q+1;/p-1. The summed E-state index contributed by atoms with van der Waals surface area (Å²) in [5, 5.41) is 0. The third-order valence-electron chi connectivity index (χ3n) is 4.05. The highest BCUT2D eigenvalue weighted by Crippen LogP contribution is 2.14. The van der Waals surface area contributed by atoms with Gasteiger partial charge in [-0.15, -0.1) is 0 Å². The maximum Gasteiger partial charge on any atom is 0.0855 e. The summed E-state index contributed by atoms with van der Waals surface area (Å²) in [6.07, 6.45) is 14.3. The Bertz CT molecular complexity index is 163. The topological polar surface area (TPSA) is 0 Å². The van der Waals surface area contributed by atoms with Crippen LogP contribution < -0.4 is 12.4 Å². The second-order valence-electron chi connectivity index (χ2n) is 6.58. The van der Waals surface area contributed by atoms with Crippen LogP contribution >= 0.6 is 0 Å². The molecule has 0 aliphatic heterocycles. The Morgan fingerprint density at radius 1 is 0.722 bits per heavy atom. The van der Waals surface area contributed by atoms with Crippen molar-refractivity contribution in [2.24, 2.45) is 0 Å². The van der Waals surface area contributed by atoms with Crippen molar-refractivity contribution in [2.45, 2.75) is 84.1 Å². The molecule has 1 atom stereocenters. The molecule has 0 saturated carbocycles.